The highest BCUT2D eigenvalue weighted by atomic mass is 32.2. The number of benzene rings is 1. The average Bonchev–Trinajstić information content (AvgIpc) is 2.97. The van der Waals surface area contributed by atoms with Crippen LogP contribution in [0.1, 0.15) is 11.4 Å². The first kappa shape index (κ1) is 14.9. The van der Waals surface area contributed by atoms with E-state index in [0.29, 0.717) is 11.4 Å². The van der Waals surface area contributed by atoms with E-state index in [1.807, 2.05) is 0 Å². The van der Waals surface area contributed by atoms with Gasteiger partial charge in [-0.2, -0.15) is 5.10 Å². The van der Waals surface area contributed by atoms with Crippen molar-refractivity contribution in [2.45, 2.75) is 11.4 Å². The minimum atomic E-state index is -3.66. The number of nitrogens with one attached hydrogen (secondary N) is 2. The summed E-state index contributed by atoms with van der Waals surface area (Å²) in [6, 6.07) is 5.82. The van der Waals surface area contributed by atoms with Gasteiger partial charge >= 0.3 is 5.97 Å². The molecule has 0 fully saturated rings. The van der Waals surface area contributed by atoms with Gasteiger partial charge in [-0.05, 0) is 23.8 Å². The molecule has 1 heterocycles. The van der Waals surface area contributed by atoms with Gasteiger partial charge in [0.1, 0.15) is 12.2 Å². The third-order valence-electron chi connectivity index (χ3n) is 2.50. The highest BCUT2D eigenvalue weighted by Gasteiger charge is 2.13. The summed E-state index contributed by atoms with van der Waals surface area (Å²) in [5.41, 5.74) is 0.589. The van der Waals surface area contributed by atoms with E-state index in [1.54, 1.807) is 0 Å². The Kier molecular flexibility index (Phi) is 4.45. The van der Waals surface area contributed by atoms with Gasteiger partial charge in [0, 0.05) is 6.08 Å². The Hall–Kier alpha value is -2.52. The second-order valence-corrected chi connectivity index (χ2v) is 5.76. The molecule has 2 aromatic rings. The molecule has 0 saturated heterocycles. The molecule has 1 aromatic heterocycles. The molecule has 110 valence electrons. The van der Waals surface area contributed by atoms with Crippen LogP contribution in [-0.2, 0) is 21.4 Å². The number of aromatic nitrogens is 3. The number of hydrogen-bond donors (Lipinski definition) is 3. The van der Waals surface area contributed by atoms with Crippen LogP contribution in [0.5, 0.6) is 0 Å². The Morgan fingerprint density at radius 1 is 1.33 bits per heavy atom. The smallest absolute Gasteiger partial charge is 0.328 e. The number of aromatic amines is 1. The monoisotopic (exact) mass is 308 g/mol. The third-order valence-corrected chi connectivity index (χ3v) is 3.92. The summed E-state index contributed by atoms with van der Waals surface area (Å²) in [7, 11) is -3.66. The maximum Gasteiger partial charge on any atom is 0.328 e. The predicted octanol–water partition coefficient (Wildman–Crippen LogP) is 0.381. The van der Waals surface area contributed by atoms with Crippen molar-refractivity contribution >= 4 is 22.1 Å². The van der Waals surface area contributed by atoms with E-state index in [9.17, 15) is 13.2 Å². The van der Waals surface area contributed by atoms with Gasteiger partial charge in [0.25, 0.3) is 0 Å². The second kappa shape index (κ2) is 6.29. The molecule has 9 heteroatoms. The Balaban J connectivity index is 2.08. The lowest BCUT2D eigenvalue weighted by Crippen LogP contribution is -2.23. The lowest BCUT2D eigenvalue weighted by Gasteiger charge is -2.05. The summed E-state index contributed by atoms with van der Waals surface area (Å²) in [6.07, 6.45) is 3.64. The number of carboxylic acid groups (broad SMARTS) is 1. The maximum atomic E-state index is 12.0. The van der Waals surface area contributed by atoms with Crippen LogP contribution in [0.2, 0.25) is 0 Å². The van der Waals surface area contributed by atoms with Crippen molar-refractivity contribution in [2.75, 3.05) is 0 Å². The maximum absolute atomic E-state index is 12.0. The van der Waals surface area contributed by atoms with Crippen molar-refractivity contribution < 1.29 is 18.3 Å². The van der Waals surface area contributed by atoms with Crippen molar-refractivity contribution in [3.05, 3.63) is 48.1 Å². The summed E-state index contributed by atoms with van der Waals surface area (Å²) >= 11 is 0. The fourth-order valence-corrected chi connectivity index (χ4v) is 2.48. The van der Waals surface area contributed by atoms with Crippen molar-refractivity contribution in [2.24, 2.45) is 0 Å². The number of H-pyrrole nitrogens is 1. The van der Waals surface area contributed by atoms with E-state index in [2.05, 4.69) is 19.9 Å². The fourth-order valence-electron chi connectivity index (χ4n) is 1.49. The SMILES string of the molecule is O=C(O)/C=C/c1ccc(S(=O)(=O)NCc2ncn[nH]2)cc1. The van der Waals surface area contributed by atoms with E-state index < -0.39 is 16.0 Å². The van der Waals surface area contributed by atoms with Crippen molar-refractivity contribution in [1.82, 2.24) is 19.9 Å². The van der Waals surface area contributed by atoms with Gasteiger partial charge in [-0.15, -0.1) is 0 Å². The molecule has 3 N–H and O–H groups in total. The highest BCUT2D eigenvalue weighted by molar-refractivity contribution is 7.89. The largest absolute Gasteiger partial charge is 0.478 e. The van der Waals surface area contributed by atoms with Crippen LogP contribution in [0, 0.1) is 0 Å². The van der Waals surface area contributed by atoms with Gasteiger partial charge in [-0.1, -0.05) is 12.1 Å². The predicted molar refractivity (Wildman–Crippen MR) is 73.5 cm³/mol. The number of carbonyl (C=O) groups is 1. The molecular weight excluding hydrogens is 296 g/mol. The van der Waals surface area contributed by atoms with Crippen molar-refractivity contribution in [1.29, 1.82) is 0 Å². The van der Waals surface area contributed by atoms with Gasteiger partial charge < -0.3 is 5.11 Å². The van der Waals surface area contributed by atoms with Crippen molar-refractivity contribution in [3.8, 4) is 0 Å². The van der Waals surface area contributed by atoms with Crippen LogP contribution >= 0.6 is 0 Å². The molecule has 0 aliphatic carbocycles. The standard InChI is InChI=1S/C12H12N4O4S/c17-12(18)6-3-9-1-4-10(5-2-9)21(19,20)15-7-11-13-8-14-16-11/h1-6,8,15H,7H2,(H,17,18)(H,13,14,16)/b6-3+. The molecule has 0 radical (unpaired) electrons. The minimum absolute atomic E-state index is 0.00298. The van der Waals surface area contributed by atoms with Crippen LogP contribution in [-0.4, -0.2) is 34.7 Å². The minimum Gasteiger partial charge on any atom is -0.478 e. The lowest BCUT2D eigenvalue weighted by molar-refractivity contribution is -0.131. The van der Waals surface area contributed by atoms with E-state index in [-0.39, 0.29) is 11.4 Å². The quantitative estimate of drug-likeness (QED) is 0.662. The van der Waals surface area contributed by atoms with Crippen LogP contribution < -0.4 is 4.72 Å². The molecule has 8 nitrogen and oxygen atoms in total. The molecule has 0 aliphatic rings. The number of carboxylic acids is 1. The van der Waals surface area contributed by atoms with Gasteiger partial charge in [0.05, 0.1) is 11.4 Å². The topological polar surface area (TPSA) is 125 Å². The van der Waals surface area contributed by atoms with E-state index >= 15 is 0 Å². The van der Waals surface area contributed by atoms with E-state index in [0.717, 1.165) is 6.08 Å². The third kappa shape index (κ3) is 4.23. The molecule has 1 aromatic carbocycles. The molecule has 0 aliphatic heterocycles. The number of hydrogen-bond acceptors (Lipinski definition) is 5. The van der Waals surface area contributed by atoms with E-state index in [4.69, 9.17) is 5.11 Å². The molecule has 0 unspecified atom stereocenters. The fraction of sp³-hybridized carbons (Fsp3) is 0.0833. The summed E-state index contributed by atoms with van der Waals surface area (Å²) in [4.78, 5) is 14.3. The van der Waals surface area contributed by atoms with E-state index in [1.165, 1.54) is 36.7 Å². The average molecular weight is 308 g/mol. The number of rotatable bonds is 6. The highest BCUT2D eigenvalue weighted by Crippen LogP contribution is 2.11. The Morgan fingerprint density at radius 2 is 2.05 bits per heavy atom. The Labute approximate surface area is 120 Å². The van der Waals surface area contributed by atoms with Gasteiger partial charge in [-0.3, -0.25) is 5.10 Å². The number of aliphatic carboxylic acids is 1. The molecule has 2 rings (SSSR count). The number of nitrogens with zero attached hydrogens (tertiary/aromatic N) is 2. The first-order valence-electron chi connectivity index (χ1n) is 5.82. The molecule has 0 atom stereocenters. The zero-order valence-electron chi connectivity index (χ0n) is 10.7. The first-order chi connectivity index (χ1) is 9.97. The summed E-state index contributed by atoms with van der Waals surface area (Å²) in [5, 5.41) is 14.7. The normalized spacial score (nSPS) is 11.8. The number of sulfonamides is 1. The van der Waals surface area contributed by atoms with Gasteiger partial charge in [0.2, 0.25) is 10.0 Å². The molecule has 0 bridgehead atoms. The molecule has 0 amide bonds. The zero-order chi connectivity index (χ0) is 15.3. The van der Waals surface area contributed by atoms with Gasteiger partial charge in [0.15, 0.2) is 0 Å². The van der Waals surface area contributed by atoms with Gasteiger partial charge in [-0.25, -0.2) is 22.9 Å². The summed E-state index contributed by atoms with van der Waals surface area (Å²) < 4.78 is 26.4. The Bertz CT molecular complexity index is 736. The molecule has 0 spiro atoms. The van der Waals surface area contributed by atoms with Crippen LogP contribution in [0.25, 0.3) is 6.08 Å². The summed E-state index contributed by atoms with van der Waals surface area (Å²) in [6.45, 7) is 0.00298. The zero-order valence-corrected chi connectivity index (χ0v) is 11.5. The lowest BCUT2D eigenvalue weighted by atomic mass is 10.2. The van der Waals surface area contributed by atoms with Crippen LogP contribution in [0.3, 0.4) is 0 Å². The van der Waals surface area contributed by atoms with Crippen LogP contribution in [0.15, 0.2) is 41.6 Å². The molecule has 0 saturated carbocycles. The second-order valence-electron chi connectivity index (χ2n) is 4.00. The Morgan fingerprint density at radius 3 is 2.62 bits per heavy atom. The van der Waals surface area contributed by atoms with Crippen LogP contribution in [0.4, 0.5) is 0 Å². The van der Waals surface area contributed by atoms with Crippen molar-refractivity contribution in [3.63, 3.8) is 0 Å². The molecular formula is C12H12N4O4S. The first-order valence-corrected chi connectivity index (χ1v) is 7.31. The summed E-state index contributed by atoms with van der Waals surface area (Å²) in [5.74, 6) is -0.667. The molecule has 21 heavy (non-hydrogen) atoms.